The number of carbonyl (C=O) groups is 1. The molecule has 116 valence electrons. The Labute approximate surface area is 131 Å². The van der Waals surface area contributed by atoms with Gasteiger partial charge in [-0.15, -0.1) is 0 Å². The third kappa shape index (κ3) is 5.44. The number of anilines is 3. The van der Waals surface area contributed by atoms with E-state index in [4.69, 9.17) is 0 Å². The molecule has 0 radical (unpaired) electrons. The number of urea groups is 1. The molecule has 0 fully saturated rings. The lowest BCUT2D eigenvalue weighted by Gasteiger charge is -2.09. The molecule has 0 unspecified atom stereocenters. The molecule has 3 N–H and O–H groups in total. The zero-order valence-electron chi connectivity index (χ0n) is 12.8. The van der Waals surface area contributed by atoms with Crippen LogP contribution in [0.4, 0.5) is 22.0 Å². The van der Waals surface area contributed by atoms with E-state index in [-0.39, 0.29) is 6.03 Å². The van der Waals surface area contributed by atoms with Crippen LogP contribution in [-0.2, 0) is 0 Å². The molecule has 2 rings (SSSR count). The Kier molecular flexibility index (Phi) is 6.23. The van der Waals surface area contributed by atoms with Crippen molar-refractivity contribution >= 4 is 23.2 Å². The molecule has 5 nitrogen and oxygen atoms in total. The van der Waals surface area contributed by atoms with Gasteiger partial charge in [0, 0.05) is 12.2 Å². The first kappa shape index (κ1) is 15.8. The highest BCUT2D eigenvalue weighted by Gasteiger charge is 2.02. The third-order valence-corrected chi connectivity index (χ3v) is 3.14. The van der Waals surface area contributed by atoms with E-state index < -0.39 is 0 Å². The van der Waals surface area contributed by atoms with Gasteiger partial charge in [0.1, 0.15) is 5.82 Å². The largest absolute Gasteiger partial charge is 0.370 e. The first-order valence-corrected chi connectivity index (χ1v) is 7.61. The topological polar surface area (TPSA) is 66.0 Å². The average Bonchev–Trinajstić information content (AvgIpc) is 2.54. The number of aromatic nitrogens is 1. The Hall–Kier alpha value is -2.56. The highest BCUT2D eigenvalue weighted by atomic mass is 16.2. The van der Waals surface area contributed by atoms with Gasteiger partial charge in [-0.1, -0.05) is 38.0 Å². The number of hydrogen-bond acceptors (Lipinski definition) is 3. The van der Waals surface area contributed by atoms with E-state index in [1.165, 1.54) is 12.8 Å². The molecular weight excluding hydrogens is 276 g/mol. The van der Waals surface area contributed by atoms with E-state index in [1.54, 1.807) is 6.20 Å². The maximum Gasteiger partial charge on any atom is 0.323 e. The summed E-state index contributed by atoms with van der Waals surface area (Å²) in [5, 5.41) is 8.77. The van der Waals surface area contributed by atoms with Crippen molar-refractivity contribution < 1.29 is 4.79 Å². The van der Waals surface area contributed by atoms with Crippen molar-refractivity contribution in [2.45, 2.75) is 26.2 Å². The second-order valence-corrected chi connectivity index (χ2v) is 5.01. The van der Waals surface area contributed by atoms with Crippen molar-refractivity contribution in [2.24, 2.45) is 0 Å². The lowest BCUT2D eigenvalue weighted by Crippen LogP contribution is -2.19. The molecule has 1 heterocycles. The maximum atomic E-state index is 11.8. The molecule has 0 aliphatic rings. The monoisotopic (exact) mass is 298 g/mol. The van der Waals surface area contributed by atoms with Gasteiger partial charge in [-0.2, -0.15) is 0 Å². The van der Waals surface area contributed by atoms with Crippen LogP contribution in [0.25, 0.3) is 0 Å². The molecule has 22 heavy (non-hydrogen) atoms. The van der Waals surface area contributed by atoms with Crippen LogP contribution >= 0.6 is 0 Å². The number of rotatable bonds is 7. The lowest BCUT2D eigenvalue weighted by atomic mass is 10.2. The molecule has 2 amide bonds. The molecule has 0 aliphatic carbocycles. The fourth-order valence-corrected chi connectivity index (χ4v) is 1.98. The van der Waals surface area contributed by atoms with E-state index in [0.717, 1.165) is 24.5 Å². The minimum Gasteiger partial charge on any atom is -0.370 e. The fourth-order valence-electron chi connectivity index (χ4n) is 1.98. The highest BCUT2D eigenvalue weighted by Crippen LogP contribution is 2.11. The molecule has 0 saturated carbocycles. The first-order chi connectivity index (χ1) is 10.8. The zero-order chi connectivity index (χ0) is 15.6. The molecule has 0 aliphatic heterocycles. The van der Waals surface area contributed by atoms with Crippen LogP contribution in [-0.4, -0.2) is 17.6 Å². The van der Waals surface area contributed by atoms with E-state index in [2.05, 4.69) is 27.9 Å². The van der Waals surface area contributed by atoms with E-state index >= 15 is 0 Å². The number of amides is 2. The smallest absolute Gasteiger partial charge is 0.323 e. The van der Waals surface area contributed by atoms with Crippen molar-refractivity contribution in [2.75, 3.05) is 22.5 Å². The quantitative estimate of drug-likeness (QED) is 0.667. The molecule has 1 aromatic heterocycles. The summed E-state index contributed by atoms with van der Waals surface area (Å²) in [4.78, 5) is 16.1. The third-order valence-electron chi connectivity index (χ3n) is 3.14. The van der Waals surface area contributed by atoms with Gasteiger partial charge in [-0.05, 0) is 30.7 Å². The van der Waals surface area contributed by atoms with Crippen LogP contribution in [0.15, 0.2) is 48.7 Å². The Morgan fingerprint density at radius 2 is 1.77 bits per heavy atom. The minimum absolute atomic E-state index is 0.281. The van der Waals surface area contributed by atoms with Crippen molar-refractivity contribution in [3.05, 3.63) is 48.7 Å². The number of unbranched alkanes of at least 4 members (excludes halogenated alkanes) is 2. The molecule has 0 bridgehead atoms. The first-order valence-electron chi connectivity index (χ1n) is 7.61. The van der Waals surface area contributed by atoms with E-state index in [0.29, 0.717) is 5.69 Å². The summed E-state index contributed by atoms with van der Waals surface area (Å²) in [7, 11) is 0. The van der Waals surface area contributed by atoms with Gasteiger partial charge in [-0.25, -0.2) is 9.78 Å². The number of para-hydroxylation sites is 1. The predicted molar refractivity (Wildman–Crippen MR) is 91.3 cm³/mol. The number of pyridine rings is 1. The summed E-state index contributed by atoms with van der Waals surface area (Å²) in [6.07, 6.45) is 5.20. The summed E-state index contributed by atoms with van der Waals surface area (Å²) >= 11 is 0. The fraction of sp³-hybridized carbons (Fsp3) is 0.294. The van der Waals surface area contributed by atoms with Crippen molar-refractivity contribution in [3.63, 3.8) is 0 Å². The highest BCUT2D eigenvalue weighted by molar-refractivity contribution is 5.99. The van der Waals surface area contributed by atoms with Gasteiger partial charge in [0.15, 0.2) is 0 Å². The Bertz CT molecular complexity index is 569. The summed E-state index contributed by atoms with van der Waals surface area (Å²) in [6, 6.07) is 12.7. The second kappa shape index (κ2) is 8.67. The molecule has 0 atom stereocenters. The summed E-state index contributed by atoms with van der Waals surface area (Å²) in [5.74, 6) is 0.824. The predicted octanol–water partition coefficient (Wildman–Crippen LogP) is 4.33. The van der Waals surface area contributed by atoms with Crippen LogP contribution in [0.1, 0.15) is 26.2 Å². The van der Waals surface area contributed by atoms with Crippen LogP contribution in [0.5, 0.6) is 0 Å². The minimum atomic E-state index is -0.281. The van der Waals surface area contributed by atoms with E-state index in [9.17, 15) is 4.79 Å². The molecule has 2 aromatic rings. The lowest BCUT2D eigenvalue weighted by molar-refractivity contribution is 0.262. The molecule has 1 aromatic carbocycles. The number of hydrogen-bond donors (Lipinski definition) is 3. The van der Waals surface area contributed by atoms with Crippen LogP contribution in [0, 0.1) is 0 Å². The number of benzene rings is 1. The normalized spacial score (nSPS) is 10.0. The molecule has 0 saturated heterocycles. The van der Waals surface area contributed by atoms with Crippen LogP contribution in [0.3, 0.4) is 0 Å². The summed E-state index contributed by atoms with van der Waals surface area (Å²) < 4.78 is 0. The van der Waals surface area contributed by atoms with Gasteiger partial charge in [0.2, 0.25) is 0 Å². The van der Waals surface area contributed by atoms with E-state index in [1.807, 2.05) is 42.5 Å². The number of nitrogens with one attached hydrogen (secondary N) is 3. The van der Waals surface area contributed by atoms with Crippen molar-refractivity contribution in [1.29, 1.82) is 0 Å². The standard InChI is InChI=1S/C17H22N4O/c1-2-3-7-12-18-16-11-10-15(13-19-16)21-17(22)20-14-8-5-4-6-9-14/h4-6,8-11,13H,2-3,7,12H2,1H3,(H,18,19)(H2,20,21,22). The van der Waals surface area contributed by atoms with Gasteiger partial charge < -0.3 is 16.0 Å². The van der Waals surface area contributed by atoms with Gasteiger partial charge >= 0.3 is 6.03 Å². The molecule has 0 spiro atoms. The second-order valence-electron chi connectivity index (χ2n) is 5.01. The molecule has 5 heteroatoms. The number of carbonyl (C=O) groups excluding carboxylic acids is 1. The average molecular weight is 298 g/mol. The van der Waals surface area contributed by atoms with Crippen molar-refractivity contribution in [3.8, 4) is 0 Å². The maximum absolute atomic E-state index is 11.8. The zero-order valence-corrected chi connectivity index (χ0v) is 12.8. The molecular formula is C17H22N4O. The van der Waals surface area contributed by atoms with Crippen LogP contribution < -0.4 is 16.0 Å². The summed E-state index contributed by atoms with van der Waals surface area (Å²) in [5.41, 5.74) is 1.41. The van der Waals surface area contributed by atoms with Crippen molar-refractivity contribution in [1.82, 2.24) is 4.98 Å². The Morgan fingerprint density at radius 3 is 2.45 bits per heavy atom. The van der Waals surface area contributed by atoms with Gasteiger partial charge in [-0.3, -0.25) is 0 Å². The Balaban J connectivity index is 1.79. The Morgan fingerprint density at radius 1 is 1.00 bits per heavy atom. The van der Waals surface area contributed by atoms with Crippen LogP contribution in [0.2, 0.25) is 0 Å². The number of nitrogens with zero attached hydrogens (tertiary/aromatic N) is 1. The van der Waals surface area contributed by atoms with Gasteiger partial charge in [0.05, 0.1) is 11.9 Å². The van der Waals surface area contributed by atoms with Gasteiger partial charge in [0.25, 0.3) is 0 Å². The SMILES string of the molecule is CCCCCNc1ccc(NC(=O)Nc2ccccc2)cn1. The summed E-state index contributed by atoms with van der Waals surface area (Å²) in [6.45, 7) is 3.10.